The molecule has 2 nitrogen and oxygen atoms in total. The number of aliphatic hydroxyl groups excluding tert-OH is 1. The summed E-state index contributed by atoms with van der Waals surface area (Å²) in [6.07, 6.45) is 12.4. The summed E-state index contributed by atoms with van der Waals surface area (Å²) in [4.78, 5) is 2.49. The Morgan fingerprint density at radius 3 is 1.97 bits per heavy atom. The molecule has 3 rings (SSSR count). The molecule has 1 atom stereocenters. The summed E-state index contributed by atoms with van der Waals surface area (Å²) in [5.74, 6) is 0. The number of hydrogen-bond donors (Lipinski definition) is 1. The molecule has 0 saturated carbocycles. The maximum atomic E-state index is 11.2. The van der Waals surface area contributed by atoms with Gasteiger partial charge in [0, 0.05) is 17.0 Å². The van der Waals surface area contributed by atoms with E-state index in [-0.39, 0.29) is 0 Å². The van der Waals surface area contributed by atoms with Gasteiger partial charge in [-0.05, 0) is 59.8 Å². The summed E-state index contributed by atoms with van der Waals surface area (Å²) < 4.78 is 0. The van der Waals surface area contributed by atoms with Gasteiger partial charge in [-0.2, -0.15) is 0 Å². The van der Waals surface area contributed by atoms with Crippen LogP contribution in [0.2, 0.25) is 5.02 Å². The minimum absolute atomic E-state index is 0.477. The van der Waals surface area contributed by atoms with Crippen LogP contribution in [0.15, 0.2) is 48.5 Å². The molecular formula is C30H42ClNO. The van der Waals surface area contributed by atoms with Crippen LogP contribution in [0.5, 0.6) is 0 Å². The molecule has 0 unspecified atom stereocenters. The number of nitrogens with zero attached hydrogens (tertiary/aromatic N) is 1. The number of benzene rings is 3. The van der Waals surface area contributed by atoms with Crippen molar-refractivity contribution in [2.24, 2.45) is 0 Å². The molecule has 0 saturated heterocycles. The van der Waals surface area contributed by atoms with E-state index in [0.717, 1.165) is 45.2 Å². The highest BCUT2D eigenvalue weighted by Crippen LogP contribution is 2.33. The third-order valence-corrected chi connectivity index (χ3v) is 7.12. The molecular weight excluding hydrogens is 426 g/mol. The Hall–Kier alpha value is -1.61. The second kappa shape index (κ2) is 13.9. The highest BCUT2D eigenvalue weighted by atomic mass is 35.5. The van der Waals surface area contributed by atoms with Gasteiger partial charge in [-0.15, -0.1) is 0 Å². The van der Waals surface area contributed by atoms with E-state index in [4.69, 9.17) is 11.6 Å². The van der Waals surface area contributed by atoms with E-state index in [2.05, 4.69) is 55.1 Å². The van der Waals surface area contributed by atoms with Crippen LogP contribution in [-0.4, -0.2) is 29.6 Å². The van der Waals surface area contributed by atoms with E-state index >= 15 is 0 Å². The number of aliphatic hydroxyl groups is 1. The summed E-state index contributed by atoms with van der Waals surface area (Å²) >= 11 is 6.51. The Kier molecular flexibility index (Phi) is 11.0. The third kappa shape index (κ3) is 7.70. The van der Waals surface area contributed by atoms with Gasteiger partial charge >= 0.3 is 0 Å². The lowest BCUT2D eigenvalue weighted by molar-refractivity contribution is 0.110. The summed E-state index contributed by atoms with van der Waals surface area (Å²) in [5.41, 5.74) is 0.997. The molecule has 1 N–H and O–H groups in total. The fourth-order valence-electron chi connectivity index (χ4n) is 4.80. The molecule has 0 aliphatic carbocycles. The standard InChI is InChI=1S/C30H42ClNO/c1-3-5-7-9-13-19-32(20-14-10-8-6-4-2)23-30(33)25-18-17-24-22-29(31)27-16-12-11-15-26(27)28(24)21-25/h11-12,15-18,21-22,30,33H,3-10,13-14,19-20,23H2,1-2H3/t30-/m0/s1. The summed E-state index contributed by atoms with van der Waals surface area (Å²) in [6, 6.07) is 16.6. The van der Waals surface area contributed by atoms with E-state index in [0.29, 0.717) is 6.54 Å². The van der Waals surface area contributed by atoms with E-state index < -0.39 is 6.10 Å². The monoisotopic (exact) mass is 467 g/mol. The number of unbranched alkanes of at least 4 members (excludes halogenated alkanes) is 8. The molecule has 3 aromatic rings. The van der Waals surface area contributed by atoms with Gasteiger partial charge in [0.15, 0.2) is 0 Å². The quantitative estimate of drug-likeness (QED) is 0.178. The number of halogens is 1. The first-order valence-electron chi connectivity index (χ1n) is 13.1. The first-order chi connectivity index (χ1) is 16.1. The van der Waals surface area contributed by atoms with Crippen molar-refractivity contribution < 1.29 is 5.11 Å². The molecule has 0 aromatic heterocycles. The number of rotatable bonds is 15. The maximum absolute atomic E-state index is 11.2. The second-order valence-electron chi connectivity index (χ2n) is 9.53. The fraction of sp³-hybridized carbons (Fsp3) is 0.533. The summed E-state index contributed by atoms with van der Waals surface area (Å²) in [7, 11) is 0. The highest BCUT2D eigenvalue weighted by Gasteiger charge is 2.15. The van der Waals surface area contributed by atoms with Crippen molar-refractivity contribution in [1.29, 1.82) is 0 Å². The molecule has 0 aliphatic rings. The molecule has 3 aromatic carbocycles. The van der Waals surface area contributed by atoms with Crippen LogP contribution in [0.25, 0.3) is 21.5 Å². The predicted octanol–water partition coefficient (Wildman–Crippen LogP) is 8.92. The van der Waals surface area contributed by atoms with Gasteiger partial charge < -0.3 is 10.0 Å². The number of fused-ring (bicyclic) bond motifs is 3. The predicted molar refractivity (Wildman–Crippen MR) is 145 cm³/mol. The summed E-state index contributed by atoms with van der Waals surface area (Å²) in [5, 5.41) is 16.5. The summed E-state index contributed by atoms with van der Waals surface area (Å²) in [6.45, 7) is 7.40. The molecule has 0 amide bonds. The van der Waals surface area contributed by atoms with Crippen molar-refractivity contribution in [3.63, 3.8) is 0 Å². The van der Waals surface area contributed by atoms with Gasteiger partial charge in [0.05, 0.1) is 6.10 Å². The van der Waals surface area contributed by atoms with Gasteiger partial charge in [-0.3, -0.25) is 0 Å². The average molecular weight is 468 g/mol. The highest BCUT2D eigenvalue weighted by molar-refractivity contribution is 6.37. The van der Waals surface area contributed by atoms with E-state index in [9.17, 15) is 5.11 Å². The SMILES string of the molecule is CCCCCCCN(CCCCCCC)C[C@H](O)c1ccc2cc(Cl)c3ccccc3c2c1. The van der Waals surface area contributed by atoms with Crippen molar-refractivity contribution in [3.8, 4) is 0 Å². The van der Waals surface area contributed by atoms with Crippen LogP contribution in [0.4, 0.5) is 0 Å². The van der Waals surface area contributed by atoms with E-state index in [1.165, 1.54) is 64.2 Å². The molecule has 0 aliphatic heterocycles. The second-order valence-corrected chi connectivity index (χ2v) is 9.94. The molecule has 0 fully saturated rings. The van der Waals surface area contributed by atoms with Gasteiger partial charge in [-0.25, -0.2) is 0 Å². The molecule has 0 bridgehead atoms. The average Bonchev–Trinajstić information content (AvgIpc) is 2.83. The van der Waals surface area contributed by atoms with Crippen LogP contribution in [0.1, 0.15) is 89.7 Å². The zero-order valence-electron chi connectivity index (χ0n) is 20.7. The van der Waals surface area contributed by atoms with Crippen molar-refractivity contribution in [2.45, 2.75) is 84.2 Å². The minimum Gasteiger partial charge on any atom is -0.387 e. The van der Waals surface area contributed by atoms with Gasteiger partial charge in [0.25, 0.3) is 0 Å². The largest absolute Gasteiger partial charge is 0.387 e. The Balaban J connectivity index is 1.70. The van der Waals surface area contributed by atoms with Gasteiger partial charge in [-0.1, -0.05) is 113 Å². The topological polar surface area (TPSA) is 23.5 Å². The van der Waals surface area contributed by atoms with Crippen LogP contribution in [-0.2, 0) is 0 Å². The van der Waals surface area contributed by atoms with Crippen LogP contribution >= 0.6 is 11.6 Å². The van der Waals surface area contributed by atoms with Crippen LogP contribution in [0, 0.1) is 0 Å². The molecule has 0 heterocycles. The van der Waals surface area contributed by atoms with Crippen molar-refractivity contribution in [3.05, 3.63) is 59.1 Å². The molecule has 0 spiro atoms. The normalized spacial score (nSPS) is 12.8. The first kappa shape index (κ1) is 26.0. The Labute approximate surface area is 205 Å². The third-order valence-electron chi connectivity index (χ3n) is 6.81. The Bertz CT molecular complexity index is 972. The van der Waals surface area contributed by atoms with Crippen LogP contribution < -0.4 is 0 Å². The van der Waals surface area contributed by atoms with Gasteiger partial charge in [0.2, 0.25) is 0 Å². The van der Waals surface area contributed by atoms with Gasteiger partial charge in [0.1, 0.15) is 0 Å². The Morgan fingerprint density at radius 2 is 1.33 bits per heavy atom. The maximum Gasteiger partial charge on any atom is 0.0917 e. The van der Waals surface area contributed by atoms with Crippen molar-refractivity contribution >= 4 is 33.1 Å². The lowest BCUT2D eigenvalue weighted by Gasteiger charge is -2.25. The molecule has 33 heavy (non-hydrogen) atoms. The van der Waals surface area contributed by atoms with E-state index in [1.807, 2.05) is 12.1 Å². The zero-order chi connectivity index (χ0) is 23.5. The number of hydrogen-bond acceptors (Lipinski definition) is 2. The smallest absolute Gasteiger partial charge is 0.0917 e. The van der Waals surface area contributed by atoms with Crippen molar-refractivity contribution in [2.75, 3.05) is 19.6 Å². The van der Waals surface area contributed by atoms with Crippen LogP contribution in [0.3, 0.4) is 0 Å². The molecule has 3 heteroatoms. The van der Waals surface area contributed by atoms with Crippen molar-refractivity contribution in [1.82, 2.24) is 4.90 Å². The molecule has 180 valence electrons. The lowest BCUT2D eigenvalue weighted by Crippen LogP contribution is -2.31. The fourth-order valence-corrected chi connectivity index (χ4v) is 5.09. The lowest BCUT2D eigenvalue weighted by atomic mass is 9.98. The first-order valence-corrected chi connectivity index (χ1v) is 13.5. The Morgan fingerprint density at radius 1 is 0.727 bits per heavy atom. The molecule has 0 radical (unpaired) electrons. The minimum atomic E-state index is -0.477. The van der Waals surface area contributed by atoms with E-state index in [1.54, 1.807) is 0 Å². The zero-order valence-corrected chi connectivity index (χ0v) is 21.4.